The van der Waals surface area contributed by atoms with Gasteiger partial charge >= 0.3 is 0 Å². The highest BCUT2D eigenvalue weighted by Crippen LogP contribution is 2.11. The molecule has 1 fully saturated rings. The molecule has 0 aliphatic carbocycles. The molecule has 1 aromatic carbocycles. The molecule has 28 heavy (non-hydrogen) atoms. The van der Waals surface area contributed by atoms with Gasteiger partial charge in [0.1, 0.15) is 0 Å². The molecule has 2 N–H and O–H groups in total. The number of rotatable bonds is 10. The van der Waals surface area contributed by atoms with E-state index in [0.29, 0.717) is 39.4 Å². The van der Waals surface area contributed by atoms with Gasteiger partial charge in [-0.1, -0.05) is 31.2 Å². The Bertz CT molecular complexity index is 636. The molecule has 1 heterocycles. The SMILES string of the molecule is CCOCCOCc1cccc(CNC(=NC)NC2CCN(C(=O)CC)C2)c1. The molecule has 1 saturated heterocycles. The minimum atomic E-state index is 0.215. The minimum absolute atomic E-state index is 0.215. The molecule has 0 aromatic heterocycles. The lowest BCUT2D eigenvalue weighted by Gasteiger charge is -2.19. The molecule has 156 valence electrons. The summed E-state index contributed by atoms with van der Waals surface area (Å²) in [6.07, 6.45) is 1.51. The van der Waals surface area contributed by atoms with Gasteiger partial charge in [-0.05, 0) is 24.5 Å². The molecule has 1 atom stereocenters. The number of aliphatic imine (C=N–C) groups is 1. The van der Waals surface area contributed by atoms with Crippen molar-refractivity contribution in [3.8, 4) is 0 Å². The Kier molecular flexibility index (Phi) is 9.79. The third-order valence-corrected chi connectivity index (χ3v) is 4.70. The van der Waals surface area contributed by atoms with Crippen LogP contribution in [0.5, 0.6) is 0 Å². The van der Waals surface area contributed by atoms with E-state index in [1.165, 1.54) is 5.56 Å². The van der Waals surface area contributed by atoms with E-state index in [2.05, 4.69) is 33.8 Å². The van der Waals surface area contributed by atoms with E-state index >= 15 is 0 Å². The molecule has 2 rings (SSSR count). The smallest absolute Gasteiger partial charge is 0.222 e. The number of hydrogen-bond acceptors (Lipinski definition) is 4. The molecule has 0 bridgehead atoms. The van der Waals surface area contributed by atoms with Crippen molar-refractivity contribution in [3.05, 3.63) is 35.4 Å². The molecule has 1 aliphatic rings. The number of nitrogens with one attached hydrogen (secondary N) is 2. The van der Waals surface area contributed by atoms with Gasteiger partial charge in [0.05, 0.1) is 19.8 Å². The van der Waals surface area contributed by atoms with Gasteiger partial charge in [0.25, 0.3) is 0 Å². The number of nitrogens with zero attached hydrogens (tertiary/aromatic N) is 2. The molecular weight excluding hydrogens is 356 g/mol. The highest BCUT2D eigenvalue weighted by molar-refractivity contribution is 5.80. The van der Waals surface area contributed by atoms with Crippen molar-refractivity contribution in [1.29, 1.82) is 0 Å². The largest absolute Gasteiger partial charge is 0.379 e. The molecule has 7 heteroatoms. The predicted molar refractivity (Wildman–Crippen MR) is 111 cm³/mol. The summed E-state index contributed by atoms with van der Waals surface area (Å²) in [5, 5.41) is 6.78. The number of carbonyl (C=O) groups excluding carboxylic acids is 1. The van der Waals surface area contributed by atoms with Gasteiger partial charge in [0.2, 0.25) is 5.91 Å². The van der Waals surface area contributed by atoms with E-state index in [1.807, 2.05) is 24.8 Å². The van der Waals surface area contributed by atoms with Gasteiger partial charge in [0, 0.05) is 45.8 Å². The van der Waals surface area contributed by atoms with Gasteiger partial charge in [-0.2, -0.15) is 0 Å². The summed E-state index contributed by atoms with van der Waals surface area (Å²) < 4.78 is 10.9. The second-order valence-electron chi connectivity index (χ2n) is 6.82. The number of hydrogen-bond donors (Lipinski definition) is 2. The van der Waals surface area contributed by atoms with E-state index in [4.69, 9.17) is 9.47 Å². The molecule has 7 nitrogen and oxygen atoms in total. The van der Waals surface area contributed by atoms with Crippen molar-refractivity contribution in [2.24, 2.45) is 4.99 Å². The number of guanidine groups is 1. The summed E-state index contributed by atoms with van der Waals surface area (Å²) in [5.74, 6) is 0.974. The first-order valence-corrected chi connectivity index (χ1v) is 10.1. The summed E-state index contributed by atoms with van der Waals surface area (Å²) in [4.78, 5) is 18.0. The van der Waals surface area contributed by atoms with Crippen LogP contribution in [0.1, 0.15) is 37.8 Å². The number of amides is 1. The average Bonchev–Trinajstić information content (AvgIpc) is 3.19. The Hall–Kier alpha value is -2.12. The topological polar surface area (TPSA) is 75.2 Å². The zero-order valence-corrected chi connectivity index (χ0v) is 17.4. The fraction of sp³-hybridized carbons (Fsp3) is 0.619. The van der Waals surface area contributed by atoms with Crippen molar-refractivity contribution in [2.45, 2.75) is 45.9 Å². The zero-order chi connectivity index (χ0) is 20.2. The third kappa shape index (κ3) is 7.48. The monoisotopic (exact) mass is 390 g/mol. The van der Waals surface area contributed by atoms with Crippen LogP contribution in [0, 0.1) is 0 Å². The fourth-order valence-corrected chi connectivity index (χ4v) is 3.18. The molecule has 0 radical (unpaired) electrons. The standard InChI is InChI=1S/C21H34N4O3/c1-4-20(26)25-10-9-19(15-25)24-21(22-3)23-14-17-7-6-8-18(13-17)16-28-12-11-27-5-2/h6-8,13,19H,4-5,9-12,14-16H2,1-3H3,(H2,22,23,24). The fourth-order valence-electron chi connectivity index (χ4n) is 3.18. The van der Waals surface area contributed by atoms with Gasteiger partial charge in [-0.3, -0.25) is 9.79 Å². The van der Waals surface area contributed by atoms with Crippen LogP contribution in [-0.4, -0.2) is 62.8 Å². The summed E-state index contributed by atoms with van der Waals surface area (Å²) in [6, 6.07) is 8.57. The average molecular weight is 391 g/mol. The van der Waals surface area contributed by atoms with Crippen LogP contribution in [0.25, 0.3) is 0 Å². The number of carbonyl (C=O) groups is 1. The van der Waals surface area contributed by atoms with Gasteiger partial charge in [-0.15, -0.1) is 0 Å². The summed E-state index contributed by atoms with van der Waals surface area (Å²) in [5.41, 5.74) is 2.31. The van der Waals surface area contributed by atoms with Crippen LogP contribution in [0.15, 0.2) is 29.3 Å². The van der Waals surface area contributed by atoms with Crippen LogP contribution >= 0.6 is 0 Å². The molecular formula is C21H34N4O3. The normalized spacial score (nSPS) is 17.0. The van der Waals surface area contributed by atoms with E-state index in [-0.39, 0.29) is 11.9 Å². The molecule has 0 saturated carbocycles. The van der Waals surface area contributed by atoms with Gasteiger partial charge in [-0.25, -0.2) is 0 Å². The molecule has 1 unspecified atom stereocenters. The third-order valence-electron chi connectivity index (χ3n) is 4.70. The highest BCUT2D eigenvalue weighted by Gasteiger charge is 2.25. The zero-order valence-electron chi connectivity index (χ0n) is 17.4. The van der Waals surface area contributed by atoms with Crippen molar-refractivity contribution in [2.75, 3.05) is 40.0 Å². The predicted octanol–water partition coefficient (Wildman–Crippen LogP) is 1.92. The lowest BCUT2D eigenvalue weighted by molar-refractivity contribution is -0.129. The Morgan fingerprint density at radius 3 is 2.79 bits per heavy atom. The lowest BCUT2D eigenvalue weighted by atomic mass is 10.1. The second-order valence-corrected chi connectivity index (χ2v) is 6.82. The maximum Gasteiger partial charge on any atom is 0.222 e. The molecule has 1 aromatic rings. The first-order chi connectivity index (χ1) is 13.7. The molecule has 1 aliphatic heterocycles. The van der Waals surface area contributed by atoms with Gasteiger partial charge in [0.15, 0.2) is 5.96 Å². The van der Waals surface area contributed by atoms with Crippen molar-refractivity contribution in [1.82, 2.24) is 15.5 Å². The van der Waals surface area contributed by atoms with Crippen molar-refractivity contribution in [3.63, 3.8) is 0 Å². The number of likely N-dealkylation sites (tertiary alicyclic amines) is 1. The van der Waals surface area contributed by atoms with E-state index < -0.39 is 0 Å². The number of benzene rings is 1. The Morgan fingerprint density at radius 1 is 1.25 bits per heavy atom. The van der Waals surface area contributed by atoms with Crippen LogP contribution in [0.3, 0.4) is 0 Å². The first kappa shape index (κ1) is 22.2. The number of ether oxygens (including phenoxy) is 2. The highest BCUT2D eigenvalue weighted by atomic mass is 16.5. The van der Waals surface area contributed by atoms with E-state index in [9.17, 15) is 4.79 Å². The summed E-state index contributed by atoms with van der Waals surface area (Å²) in [6.45, 7) is 8.64. The quantitative estimate of drug-likeness (QED) is 0.363. The Labute approximate surface area is 168 Å². The van der Waals surface area contributed by atoms with Crippen LogP contribution < -0.4 is 10.6 Å². The second kappa shape index (κ2) is 12.4. The maximum absolute atomic E-state index is 11.8. The lowest BCUT2D eigenvalue weighted by Crippen LogP contribution is -2.44. The molecule has 0 spiro atoms. The first-order valence-electron chi connectivity index (χ1n) is 10.1. The maximum atomic E-state index is 11.8. The van der Waals surface area contributed by atoms with Crippen LogP contribution in [0.4, 0.5) is 0 Å². The van der Waals surface area contributed by atoms with Gasteiger partial charge < -0.3 is 25.0 Å². The Balaban J connectivity index is 1.75. The van der Waals surface area contributed by atoms with Crippen LogP contribution in [0.2, 0.25) is 0 Å². The summed E-state index contributed by atoms with van der Waals surface area (Å²) in [7, 11) is 1.77. The van der Waals surface area contributed by atoms with E-state index in [1.54, 1.807) is 7.05 Å². The summed E-state index contributed by atoms with van der Waals surface area (Å²) >= 11 is 0. The van der Waals surface area contributed by atoms with Crippen LogP contribution in [-0.2, 0) is 27.4 Å². The Morgan fingerprint density at radius 2 is 2.04 bits per heavy atom. The van der Waals surface area contributed by atoms with E-state index in [0.717, 1.165) is 31.0 Å². The van der Waals surface area contributed by atoms with Crippen molar-refractivity contribution >= 4 is 11.9 Å². The van der Waals surface area contributed by atoms with Crippen molar-refractivity contribution < 1.29 is 14.3 Å². The molecule has 1 amide bonds. The minimum Gasteiger partial charge on any atom is -0.379 e.